The minimum absolute atomic E-state index is 0.209. The van der Waals surface area contributed by atoms with Gasteiger partial charge in [0, 0.05) is 32.4 Å². The number of hydrogen-bond acceptors (Lipinski definition) is 5. The van der Waals surface area contributed by atoms with Gasteiger partial charge in [-0.05, 0) is 85.8 Å². The van der Waals surface area contributed by atoms with E-state index in [-0.39, 0.29) is 11.7 Å². The van der Waals surface area contributed by atoms with Gasteiger partial charge in [-0.15, -0.1) is 0 Å². The molecule has 0 unspecified atom stereocenters. The Kier molecular flexibility index (Phi) is 8.53. The number of aryl methyl sites for hydroxylation is 1. The zero-order valence-corrected chi connectivity index (χ0v) is 21.6. The number of carbonyl (C=O) groups excluding carboxylic acids is 3. The highest BCUT2D eigenvalue weighted by Gasteiger charge is 2.12. The van der Waals surface area contributed by atoms with Gasteiger partial charge in [-0.1, -0.05) is 40.9 Å². The Bertz CT molecular complexity index is 1520. The van der Waals surface area contributed by atoms with Gasteiger partial charge < -0.3 is 10.1 Å². The number of nitrogens with zero attached hydrogens (tertiary/aromatic N) is 1. The Morgan fingerprint density at radius 2 is 1.45 bits per heavy atom. The average molecular weight is 546 g/mol. The zero-order chi connectivity index (χ0) is 27.1. The van der Waals surface area contributed by atoms with Gasteiger partial charge >= 0.3 is 5.97 Å². The zero-order valence-electron chi connectivity index (χ0n) is 20.1. The molecule has 0 bridgehead atoms. The lowest BCUT2D eigenvalue weighted by Crippen LogP contribution is -2.18. The van der Waals surface area contributed by atoms with Gasteiger partial charge in [0.1, 0.15) is 5.75 Å². The van der Waals surface area contributed by atoms with Crippen molar-refractivity contribution in [3.63, 3.8) is 0 Å². The van der Waals surface area contributed by atoms with Crippen molar-refractivity contribution in [1.29, 1.82) is 0 Å². The molecule has 0 aliphatic heterocycles. The van der Waals surface area contributed by atoms with E-state index in [1.807, 2.05) is 19.1 Å². The molecule has 190 valence electrons. The molecule has 2 N–H and O–H groups in total. The van der Waals surface area contributed by atoms with Crippen molar-refractivity contribution in [2.75, 3.05) is 5.32 Å². The van der Waals surface area contributed by atoms with Crippen LogP contribution in [0.4, 0.5) is 5.69 Å². The molecule has 0 aromatic heterocycles. The number of hydrogen-bond donors (Lipinski definition) is 2. The molecule has 4 aromatic carbocycles. The Morgan fingerprint density at radius 3 is 2.16 bits per heavy atom. The Labute approximate surface area is 229 Å². The maximum absolute atomic E-state index is 12.5. The summed E-state index contributed by atoms with van der Waals surface area (Å²) in [6.45, 7) is 1.91. The molecule has 0 aliphatic rings. The summed E-state index contributed by atoms with van der Waals surface area (Å²) >= 11 is 12.0. The predicted molar refractivity (Wildman–Crippen MR) is 148 cm³/mol. The van der Waals surface area contributed by atoms with Crippen molar-refractivity contribution < 1.29 is 19.1 Å². The molecule has 0 saturated carbocycles. The molecule has 0 saturated heterocycles. The van der Waals surface area contributed by atoms with E-state index in [1.54, 1.807) is 72.8 Å². The van der Waals surface area contributed by atoms with Crippen molar-refractivity contribution in [3.8, 4) is 5.75 Å². The monoisotopic (exact) mass is 545 g/mol. The molecule has 4 aromatic rings. The van der Waals surface area contributed by atoms with Gasteiger partial charge in [0.2, 0.25) is 0 Å². The molecule has 4 rings (SSSR count). The van der Waals surface area contributed by atoms with Crippen molar-refractivity contribution in [2.24, 2.45) is 5.10 Å². The number of anilines is 1. The third-order valence-corrected chi connectivity index (χ3v) is 5.80. The van der Waals surface area contributed by atoms with Crippen molar-refractivity contribution in [1.82, 2.24) is 5.43 Å². The van der Waals surface area contributed by atoms with Gasteiger partial charge in [0.05, 0.1) is 11.8 Å². The first-order valence-corrected chi connectivity index (χ1v) is 12.1. The van der Waals surface area contributed by atoms with Gasteiger partial charge in [-0.2, -0.15) is 5.10 Å². The lowest BCUT2D eigenvalue weighted by Gasteiger charge is -2.08. The van der Waals surface area contributed by atoms with Crippen LogP contribution in [0.1, 0.15) is 42.2 Å². The molecule has 0 heterocycles. The Hall–Kier alpha value is -4.46. The first kappa shape index (κ1) is 26.6. The highest BCUT2D eigenvalue weighted by atomic mass is 35.5. The summed E-state index contributed by atoms with van der Waals surface area (Å²) in [5, 5.41) is 7.66. The van der Waals surface area contributed by atoms with Crippen LogP contribution in [0.15, 0.2) is 96.1 Å². The van der Waals surface area contributed by atoms with Gasteiger partial charge in [-0.3, -0.25) is 9.59 Å². The largest absolute Gasteiger partial charge is 0.422 e. The summed E-state index contributed by atoms with van der Waals surface area (Å²) in [4.78, 5) is 37.4. The van der Waals surface area contributed by atoms with Crippen LogP contribution in [-0.4, -0.2) is 24.0 Å². The van der Waals surface area contributed by atoms with E-state index in [1.165, 1.54) is 12.3 Å². The van der Waals surface area contributed by atoms with Gasteiger partial charge in [-0.25, -0.2) is 10.2 Å². The molecule has 9 heteroatoms. The second-order valence-electron chi connectivity index (χ2n) is 8.18. The van der Waals surface area contributed by atoms with Crippen LogP contribution >= 0.6 is 23.2 Å². The van der Waals surface area contributed by atoms with Crippen LogP contribution in [0, 0.1) is 6.92 Å². The maximum Gasteiger partial charge on any atom is 0.343 e. The number of amides is 2. The van der Waals surface area contributed by atoms with Crippen molar-refractivity contribution in [3.05, 3.63) is 129 Å². The van der Waals surface area contributed by atoms with Gasteiger partial charge in [0.15, 0.2) is 0 Å². The molecule has 0 fully saturated rings. The Morgan fingerprint density at radius 1 is 0.763 bits per heavy atom. The molecule has 0 aliphatic carbocycles. The fourth-order valence-corrected chi connectivity index (χ4v) is 3.68. The highest BCUT2D eigenvalue weighted by Crippen LogP contribution is 2.23. The predicted octanol–water partition coefficient (Wildman–Crippen LogP) is 6.54. The summed E-state index contributed by atoms with van der Waals surface area (Å²) in [5.74, 6) is -1.09. The third-order valence-electron chi connectivity index (χ3n) is 5.31. The summed E-state index contributed by atoms with van der Waals surface area (Å²) < 4.78 is 5.47. The summed E-state index contributed by atoms with van der Waals surface area (Å²) in [6.07, 6.45) is 1.32. The number of halogens is 2. The molecule has 7 nitrogen and oxygen atoms in total. The second kappa shape index (κ2) is 12.2. The van der Waals surface area contributed by atoms with E-state index in [2.05, 4.69) is 15.8 Å². The third kappa shape index (κ3) is 7.06. The number of nitrogens with one attached hydrogen (secondary N) is 2. The van der Waals surface area contributed by atoms with E-state index < -0.39 is 11.9 Å². The standard InChI is InChI=1S/C29H21Cl2N3O4/c1-18-3-2-4-21(15-18)27(35)33-25-12-7-19(8-13-25)28(36)34-32-17-22-16-24(31)11-14-26(22)38-29(37)20-5-9-23(30)10-6-20/h2-17H,1H3,(H,33,35)(H,34,36)/b32-17+. The average Bonchev–Trinajstić information content (AvgIpc) is 2.91. The van der Waals surface area contributed by atoms with E-state index in [0.717, 1.165) is 5.56 Å². The smallest absolute Gasteiger partial charge is 0.343 e. The topological polar surface area (TPSA) is 96.9 Å². The second-order valence-corrected chi connectivity index (χ2v) is 9.05. The summed E-state index contributed by atoms with van der Waals surface area (Å²) in [5.41, 5.74) is 5.52. The van der Waals surface area contributed by atoms with Crippen LogP contribution in [-0.2, 0) is 0 Å². The summed E-state index contributed by atoms with van der Waals surface area (Å²) in [7, 11) is 0. The van der Waals surface area contributed by atoms with Crippen LogP contribution in [0.5, 0.6) is 5.75 Å². The summed E-state index contributed by atoms with van der Waals surface area (Å²) in [6, 6.07) is 24.5. The fraction of sp³-hybridized carbons (Fsp3) is 0.0345. The maximum atomic E-state index is 12.5. The van der Waals surface area contributed by atoms with Crippen LogP contribution in [0.2, 0.25) is 10.0 Å². The molecular formula is C29H21Cl2N3O4. The number of ether oxygens (including phenoxy) is 1. The molecule has 0 spiro atoms. The normalized spacial score (nSPS) is 10.7. The lowest BCUT2D eigenvalue weighted by molar-refractivity contribution is 0.0734. The van der Waals surface area contributed by atoms with Crippen LogP contribution in [0.3, 0.4) is 0 Å². The fourth-order valence-electron chi connectivity index (χ4n) is 3.38. The minimum Gasteiger partial charge on any atom is -0.422 e. The van der Waals surface area contributed by atoms with Crippen molar-refractivity contribution >= 4 is 52.9 Å². The van der Waals surface area contributed by atoms with E-state index in [9.17, 15) is 14.4 Å². The number of rotatable bonds is 7. The SMILES string of the molecule is Cc1cccc(C(=O)Nc2ccc(C(=O)N/N=C/c3cc(Cl)ccc3OC(=O)c3ccc(Cl)cc3)cc2)c1. The molecule has 0 radical (unpaired) electrons. The molecule has 0 atom stereocenters. The lowest BCUT2D eigenvalue weighted by atomic mass is 10.1. The van der Waals surface area contributed by atoms with Crippen LogP contribution < -0.4 is 15.5 Å². The van der Waals surface area contributed by atoms with E-state index in [4.69, 9.17) is 27.9 Å². The van der Waals surface area contributed by atoms with E-state index >= 15 is 0 Å². The van der Waals surface area contributed by atoms with Crippen molar-refractivity contribution in [2.45, 2.75) is 6.92 Å². The Balaban J connectivity index is 1.38. The first-order valence-electron chi connectivity index (χ1n) is 11.4. The van der Waals surface area contributed by atoms with Gasteiger partial charge in [0.25, 0.3) is 11.8 Å². The molecule has 38 heavy (non-hydrogen) atoms. The molecule has 2 amide bonds. The number of hydrazone groups is 1. The van der Waals surface area contributed by atoms with Crippen LogP contribution in [0.25, 0.3) is 0 Å². The number of benzene rings is 4. The number of carbonyl (C=O) groups is 3. The highest BCUT2D eigenvalue weighted by molar-refractivity contribution is 6.31. The quantitative estimate of drug-likeness (QED) is 0.119. The minimum atomic E-state index is -0.586. The molecular weight excluding hydrogens is 525 g/mol. The first-order chi connectivity index (χ1) is 18.3. The number of esters is 1. The van der Waals surface area contributed by atoms with E-state index in [0.29, 0.717) is 38.0 Å².